The number of phenols is 1. The first-order valence-electron chi connectivity index (χ1n) is 7.00. The Kier molecular flexibility index (Phi) is 3.72. The van der Waals surface area contributed by atoms with Crippen LogP contribution in [0.2, 0.25) is 0 Å². The van der Waals surface area contributed by atoms with E-state index in [-0.39, 0.29) is 6.61 Å². The van der Waals surface area contributed by atoms with Crippen molar-refractivity contribution in [3.05, 3.63) is 64.7 Å². The van der Waals surface area contributed by atoms with Gasteiger partial charge in [-0.05, 0) is 47.2 Å². The average molecular weight is 269 g/mol. The first kappa shape index (κ1) is 13.2. The molecule has 104 valence electrons. The molecule has 0 bridgehead atoms. The van der Waals surface area contributed by atoms with Crippen molar-refractivity contribution in [2.75, 3.05) is 0 Å². The third-order valence-electron chi connectivity index (χ3n) is 3.93. The molecule has 0 aromatic heterocycles. The highest BCUT2D eigenvalue weighted by molar-refractivity contribution is 5.40. The van der Waals surface area contributed by atoms with Crippen molar-refractivity contribution >= 4 is 0 Å². The Bertz CT molecular complexity index is 610. The number of benzene rings is 2. The molecule has 1 aliphatic rings. The SMILES string of the molecule is OCc1cccc(CNC2CCc3cc(O)ccc32)c1. The fourth-order valence-electron chi connectivity index (χ4n) is 2.89. The van der Waals surface area contributed by atoms with Gasteiger partial charge in [-0.1, -0.05) is 30.3 Å². The maximum absolute atomic E-state index is 9.50. The Balaban J connectivity index is 1.68. The number of aliphatic hydroxyl groups is 1. The van der Waals surface area contributed by atoms with Gasteiger partial charge in [-0.2, -0.15) is 0 Å². The Hall–Kier alpha value is -1.84. The first-order valence-corrected chi connectivity index (χ1v) is 7.00. The number of rotatable bonds is 4. The van der Waals surface area contributed by atoms with Gasteiger partial charge in [0, 0.05) is 12.6 Å². The number of aromatic hydroxyl groups is 1. The molecule has 0 amide bonds. The quantitative estimate of drug-likeness (QED) is 0.800. The monoisotopic (exact) mass is 269 g/mol. The van der Waals surface area contributed by atoms with E-state index in [0.29, 0.717) is 11.8 Å². The van der Waals surface area contributed by atoms with Gasteiger partial charge in [0.2, 0.25) is 0 Å². The summed E-state index contributed by atoms with van der Waals surface area (Å²) in [7, 11) is 0. The minimum absolute atomic E-state index is 0.0827. The van der Waals surface area contributed by atoms with E-state index in [2.05, 4.69) is 11.4 Å². The minimum Gasteiger partial charge on any atom is -0.508 e. The van der Waals surface area contributed by atoms with E-state index < -0.39 is 0 Å². The third-order valence-corrected chi connectivity index (χ3v) is 3.93. The minimum atomic E-state index is 0.0827. The summed E-state index contributed by atoms with van der Waals surface area (Å²) in [5, 5.41) is 22.2. The standard InChI is InChI=1S/C17H19NO2/c19-11-13-3-1-2-12(8-13)10-18-17-7-4-14-9-15(20)5-6-16(14)17/h1-3,5-6,8-9,17-20H,4,7,10-11H2. The van der Waals surface area contributed by atoms with Crippen LogP contribution < -0.4 is 5.32 Å². The maximum atomic E-state index is 9.50. The van der Waals surface area contributed by atoms with Crippen LogP contribution in [0, 0.1) is 0 Å². The van der Waals surface area contributed by atoms with Gasteiger partial charge in [-0.15, -0.1) is 0 Å². The van der Waals surface area contributed by atoms with E-state index in [4.69, 9.17) is 5.11 Å². The van der Waals surface area contributed by atoms with Crippen LogP contribution in [0.4, 0.5) is 0 Å². The summed E-state index contributed by atoms with van der Waals surface area (Å²) < 4.78 is 0. The molecule has 2 aromatic rings. The predicted octanol–water partition coefficient (Wildman–Crippen LogP) is 2.66. The van der Waals surface area contributed by atoms with E-state index >= 15 is 0 Å². The summed E-state index contributed by atoms with van der Waals surface area (Å²) in [6, 6.07) is 14.0. The van der Waals surface area contributed by atoms with Crippen LogP contribution in [0.3, 0.4) is 0 Å². The molecular weight excluding hydrogens is 250 g/mol. The van der Waals surface area contributed by atoms with Gasteiger partial charge in [0.05, 0.1) is 6.61 Å². The topological polar surface area (TPSA) is 52.5 Å². The zero-order chi connectivity index (χ0) is 13.9. The molecule has 1 atom stereocenters. The number of hydrogen-bond donors (Lipinski definition) is 3. The van der Waals surface area contributed by atoms with Crippen molar-refractivity contribution < 1.29 is 10.2 Å². The van der Waals surface area contributed by atoms with Crippen molar-refractivity contribution in [3.63, 3.8) is 0 Å². The summed E-state index contributed by atoms with van der Waals surface area (Å²) in [6.45, 7) is 0.873. The van der Waals surface area contributed by atoms with Crippen LogP contribution in [0.1, 0.15) is 34.7 Å². The normalized spacial score (nSPS) is 17.1. The number of aryl methyl sites for hydroxylation is 1. The van der Waals surface area contributed by atoms with Crippen LogP contribution in [0.5, 0.6) is 5.75 Å². The van der Waals surface area contributed by atoms with Gasteiger partial charge in [-0.3, -0.25) is 0 Å². The zero-order valence-electron chi connectivity index (χ0n) is 11.3. The molecule has 20 heavy (non-hydrogen) atoms. The molecule has 3 nitrogen and oxygen atoms in total. The van der Waals surface area contributed by atoms with E-state index in [1.54, 1.807) is 6.07 Å². The molecule has 1 unspecified atom stereocenters. The van der Waals surface area contributed by atoms with E-state index in [9.17, 15) is 5.11 Å². The van der Waals surface area contributed by atoms with Gasteiger partial charge in [0.25, 0.3) is 0 Å². The largest absolute Gasteiger partial charge is 0.508 e. The lowest BCUT2D eigenvalue weighted by Crippen LogP contribution is -2.18. The van der Waals surface area contributed by atoms with Crippen LogP contribution in [0.15, 0.2) is 42.5 Å². The Morgan fingerprint density at radius 2 is 1.95 bits per heavy atom. The summed E-state index contributed by atoms with van der Waals surface area (Å²) in [6.07, 6.45) is 2.08. The molecule has 1 aliphatic carbocycles. The Morgan fingerprint density at radius 1 is 1.10 bits per heavy atom. The number of phenolic OH excluding ortho intramolecular Hbond substituents is 1. The van der Waals surface area contributed by atoms with Crippen molar-refractivity contribution in [1.82, 2.24) is 5.32 Å². The first-order chi connectivity index (χ1) is 9.76. The van der Waals surface area contributed by atoms with Crippen molar-refractivity contribution in [2.45, 2.75) is 32.0 Å². The fourth-order valence-corrected chi connectivity index (χ4v) is 2.89. The van der Waals surface area contributed by atoms with Crippen molar-refractivity contribution in [3.8, 4) is 5.75 Å². The molecule has 0 spiro atoms. The summed E-state index contributed by atoms with van der Waals surface area (Å²) in [5.41, 5.74) is 4.66. The Labute approximate surface area is 118 Å². The van der Waals surface area contributed by atoms with Crippen LogP contribution in [-0.2, 0) is 19.6 Å². The molecule has 0 aliphatic heterocycles. The van der Waals surface area contributed by atoms with Crippen LogP contribution in [0.25, 0.3) is 0 Å². The predicted molar refractivity (Wildman–Crippen MR) is 78.4 cm³/mol. The highest BCUT2D eigenvalue weighted by atomic mass is 16.3. The molecule has 2 aromatic carbocycles. The fraction of sp³-hybridized carbons (Fsp3) is 0.294. The smallest absolute Gasteiger partial charge is 0.115 e. The van der Waals surface area contributed by atoms with Gasteiger partial charge in [0.1, 0.15) is 5.75 Å². The van der Waals surface area contributed by atoms with Crippen molar-refractivity contribution in [1.29, 1.82) is 0 Å². The van der Waals surface area contributed by atoms with Crippen molar-refractivity contribution in [2.24, 2.45) is 0 Å². The summed E-state index contributed by atoms with van der Waals surface area (Å²) in [4.78, 5) is 0. The molecule has 0 saturated heterocycles. The van der Waals surface area contributed by atoms with Gasteiger partial charge < -0.3 is 15.5 Å². The third kappa shape index (κ3) is 2.69. The number of nitrogens with one attached hydrogen (secondary N) is 1. The molecule has 3 rings (SSSR count). The Morgan fingerprint density at radius 3 is 2.80 bits per heavy atom. The molecule has 0 saturated carbocycles. The average Bonchev–Trinajstić information content (AvgIpc) is 2.87. The highest BCUT2D eigenvalue weighted by Crippen LogP contribution is 2.33. The maximum Gasteiger partial charge on any atom is 0.115 e. The van der Waals surface area contributed by atoms with E-state index in [1.165, 1.54) is 16.7 Å². The molecule has 0 radical (unpaired) electrons. The molecule has 3 heteroatoms. The van der Waals surface area contributed by atoms with E-state index in [1.807, 2.05) is 30.3 Å². The lowest BCUT2D eigenvalue weighted by molar-refractivity contribution is 0.281. The zero-order valence-corrected chi connectivity index (χ0v) is 11.3. The number of aliphatic hydroxyl groups excluding tert-OH is 1. The van der Waals surface area contributed by atoms with Gasteiger partial charge >= 0.3 is 0 Å². The molecule has 0 heterocycles. The highest BCUT2D eigenvalue weighted by Gasteiger charge is 2.21. The van der Waals surface area contributed by atoms with E-state index in [0.717, 1.165) is 24.9 Å². The molecule has 3 N–H and O–H groups in total. The second kappa shape index (κ2) is 5.65. The number of fused-ring (bicyclic) bond motifs is 1. The second-order valence-electron chi connectivity index (χ2n) is 5.33. The summed E-state index contributed by atoms with van der Waals surface area (Å²) >= 11 is 0. The summed E-state index contributed by atoms with van der Waals surface area (Å²) in [5.74, 6) is 0.347. The van der Waals surface area contributed by atoms with Crippen LogP contribution >= 0.6 is 0 Å². The lowest BCUT2D eigenvalue weighted by Gasteiger charge is -2.14. The number of hydrogen-bond acceptors (Lipinski definition) is 3. The van der Waals surface area contributed by atoms with Gasteiger partial charge in [-0.25, -0.2) is 0 Å². The molecule has 0 fully saturated rings. The lowest BCUT2D eigenvalue weighted by atomic mass is 10.1. The van der Waals surface area contributed by atoms with Gasteiger partial charge in [0.15, 0.2) is 0 Å². The van der Waals surface area contributed by atoms with Crippen LogP contribution in [-0.4, -0.2) is 10.2 Å². The second-order valence-corrected chi connectivity index (χ2v) is 5.33. The molecular formula is C17H19NO2.